The van der Waals surface area contributed by atoms with E-state index in [1.807, 2.05) is 23.1 Å². The van der Waals surface area contributed by atoms with Crippen molar-refractivity contribution in [3.8, 4) is 5.69 Å². The lowest BCUT2D eigenvalue weighted by Gasteiger charge is -2.07. The van der Waals surface area contributed by atoms with Crippen molar-refractivity contribution < 1.29 is 0 Å². The molecule has 1 aromatic carbocycles. The van der Waals surface area contributed by atoms with E-state index in [0.717, 1.165) is 5.92 Å². The predicted molar refractivity (Wildman–Crippen MR) is 60.3 cm³/mol. The maximum absolute atomic E-state index is 4.25. The van der Waals surface area contributed by atoms with Crippen LogP contribution in [0, 0.1) is 0 Å². The third kappa shape index (κ3) is 1.37. The number of hydrogen-bond acceptors (Lipinski definition) is 1. The molecular formula is C13H14N2. The fourth-order valence-electron chi connectivity index (χ4n) is 2.38. The highest BCUT2D eigenvalue weighted by molar-refractivity contribution is 5.43. The van der Waals surface area contributed by atoms with E-state index in [9.17, 15) is 0 Å². The summed E-state index contributed by atoms with van der Waals surface area (Å²) in [6.45, 7) is 2.30. The quantitative estimate of drug-likeness (QED) is 0.689. The Balaban J connectivity index is 2.07. The maximum Gasteiger partial charge on any atom is 0.0648 e. The highest BCUT2D eigenvalue weighted by atomic mass is 15.3. The normalized spacial score (nSPS) is 19.1. The minimum absolute atomic E-state index is 0.728. The lowest BCUT2D eigenvalue weighted by Crippen LogP contribution is -1.96. The van der Waals surface area contributed by atoms with E-state index >= 15 is 0 Å². The first-order valence-corrected chi connectivity index (χ1v) is 5.47. The number of aromatic nitrogens is 2. The van der Waals surface area contributed by atoms with Gasteiger partial charge >= 0.3 is 0 Å². The molecule has 1 aromatic heterocycles. The van der Waals surface area contributed by atoms with Gasteiger partial charge in [0.05, 0.1) is 5.69 Å². The lowest BCUT2D eigenvalue weighted by atomic mass is 10.0. The molecule has 0 radical (unpaired) electrons. The van der Waals surface area contributed by atoms with E-state index in [2.05, 4.69) is 30.2 Å². The van der Waals surface area contributed by atoms with E-state index < -0.39 is 0 Å². The summed E-state index contributed by atoms with van der Waals surface area (Å²) in [6, 6.07) is 8.64. The van der Waals surface area contributed by atoms with Gasteiger partial charge in [-0.15, -0.1) is 0 Å². The minimum atomic E-state index is 0.728. The topological polar surface area (TPSA) is 17.8 Å². The van der Waals surface area contributed by atoms with Crippen molar-refractivity contribution >= 4 is 0 Å². The van der Waals surface area contributed by atoms with Gasteiger partial charge in [0.1, 0.15) is 0 Å². The molecule has 2 nitrogen and oxygen atoms in total. The Kier molecular flexibility index (Phi) is 1.88. The molecule has 3 rings (SSSR count). The zero-order valence-corrected chi connectivity index (χ0v) is 8.85. The monoisotopic (exact) mass is 198 g/mol. The van der Waals surface area contributed by atoms with E-state index in [1.165, 1.54) is 29.7 Å². The standard InChI is InChI=1S/C13H14N2/c1-10-3-4-11-9-12(5-6-13(10)11)15-8-2-7-14-15/h2,5-10H,3-4H2,1H3/t10-/m0/s1. The van der Waals surface area contributed by atoms with Crippen LogP contribution in [0.4, 0.5) is 0 Å². The number of rotatable bonds is 1. The van der Waals surface area contributed by atoms with Gasteiger partial charge in [0.15, 0.2) is 0 Å². The highest BCUT2D eigenvalue weighted by Crippen LogP contribution is 2.33. The minimum Gasteiger partial charge on any atom is -0.241 e. The average molecular weight is 198 g/mol. The van der Waals surface area contributed by atoms with Crippen LogP contribution in [0.15, 0.2) is 36.7 Å². The van der Waals surface area contributed by atoms with Crippen LogP contribution in [0.25, 0.3) is 5.69 Å². The van der Waals surface area contributed by atoms with Crippen molar-refractivity contribution in [1.82, 2.24) is 9.78 Å². The molecule has 76 valence electrons. The van der Waals surface area contributed by atoms with Crippen LogP contribution in [0.1, 0.15) is 30.4 Å². The Morgan fingerprint density at radius 2 is 2.33 bits per heavy atom. The summed E-state index contributed by atoms with van der Waals surface area (Å²) in [5, 5.41) is 4.25. The molecule has 1 atom stereocenters. The van der Waals surface area contributed by atoms with E-state index in [4.69, 9.17) is 0 Å². The molecule has 2 heteroatoms. The molecule has 0 fully saturated rings. The van der Waals surface area contributed by atoms with Gasteiger partial charge < -0.3 is 0 Å². The molecule has 0 saturated heterocycles. The summed E-state index contributed by atoms with van der Waals surface area (Å²) >= 11 is 0. The Hall–Kier alpha value is -1.57. The number of benzene rings is 1. The predicted octanol–water partition coefficient (Wildman–Crippen LogP) is 2.92. The number of nitrogens with zero attached hydrogens (tertiary/aromatic N) is 2. The molecule has 15 heavy (non-hydrogen) atoms. The molecule has 1 aliphatic rings. The van der Waals surface area contributed by atoms with Crippen molar-refractivity contribution in [2.24, 2.45) is 0 Å². The second-order valence-electron chi connectivity index (χ2n) is 4.27. The first kappa shape index (κ1) is 8.72. The van der Waals surface area contributed by atoms with Crippen LogP contribution in [0.2, 0.25) is 0 Å². The summed E-state index contributed by atoms with van der Waals surface area (Å²) in [5.41, 5.74) is 4.19. The Morgan fingerprint density at radius 3 is 3.13 bits per heavy atom. The molecular weight excluding hydrogens is 184 g/mol. The second-order valence-corrected chi connectivity index (χ2v) is 4.27. The molecule has 1 heterocycles. The summed E-state index contributed by atoms with van der Waals surface area (Å²) in [6.07, 6.45) is 6.31. The van der Waals surface area contributed by atoms with Crippen LogP contribution < -0.4 is 0 Å². The van der Waals surface area contributed by atoms with Crippen LogP contribution in [0.5, 0.6) is 0 Å². The van der Waals surface area contributed by atoms with Gasteiger partial charge in [-0.2, -0.15) is 5.10 Å². The molecule has 0 saturated carbocycles. The molecule has 0 aliphatic heterocycles. The Bertz CT molecular complexity index is 471. The van der Waals surface area contributed by atoms with Crippen LogP contribution in [-0.2, 0) is 6.42 Å². The van der Waals surface area contributed by atoms with Crippen molar-refractivity contribution in [1.29, 1.82) is 0 Å². The molecule has 0 amide bonds. The number of hydrogen-bond donors (Lipinski definition) is 0. The van der Waals surface area contributed by atoms with Crippen LogP contribution in [0.3, 0.4) is 0 Å². The third-order valence-electron chi connectivity index (χ3n) is 3.27. The molecule has 1 aliphatic carbocycles. The van der Waals surface area contributed by atoms with Gasteiger partial charge in [0, 0.05) is 12.4 Å². The first-order chi connectivity index (χ1) is 7.34. The number of aryl methyl sites for hydroxylation is 1. The van der Waals surface area contributed by atoms with Gasteiger partial charge in [-0.3, -0.25) is 0 Å². The van der Waals surface area contributed by atoms with E-state index in [0.29, 0.717) is 0 Å². The first-order valence-electron chi connectivity index (χ1n) is 5.47. The highest BCUT2D eigenvalue weighted by Gasteiger charge is 2.18. The Morgan fingerprint density at radius 1 is 1.40 bits per heavy atom. The maximum atomic E-state index is 4.25. The van der Waals surface area contributed by atoms with Gasteiger partial charge in [0.25, 0.3) is 0 Å². The van der Waals surface area contributed by atoms with Gasteiger partial charge in [-0.25, -0.2) is 4.68 Å². The molecule has 0 bridgehead atoms. The second kappa shape index (κ2) is 3.23. The fourth-order valence-corrected chi connectivity index (χ4v) is 2.38. The summed E-state index contributed by atoms with van der Waals surface area (Å²) in [4.78, 5) is 0. The SMILES string of the molecule is C[C@H]1CCc2cc(-n3cccn3)ccc21. The zero-order valence-electron chi connectivity index (χ0n) is 8.85. The third-order valence-corrected chi connectivity index (χ3v) is 3.27. The van der Waals surface area contributed by atoms with Gasteiger partial charge in [0.2, 0.25) is 0 Å². The van der Waals surface area contributed by atoms with Crippen molar-refractivity contribution in [3.05, 3.63) is 47.8 Å². The summed E-state index contributed by atoms with van der Waals surface area (Å²) < 4.78 is 1.92. The van der Waals surface area contributed by atoms with E-state index in [1.54, 1.807) is 0 Å². The molecule has 0 spiro atoms. The van der Waals surface area contributed by atoms with Crippen molar-refractivity contribution in [3.63, 3.8) is 0 Å². The molecule has 0 unspecified atom stereocenters. The molecule has 2 aromatic rings. The van der Waals surface area contributed by atoms with Crippen molar-refractivity contribution in [2.75, 3.05) is 0 Å². The van der Waals surface area contributed by atoms with Gasteiger partial charge in [-0.1, -0.05) is 13.0 Å². The zero-order chi connectivity index (χ0) is 10.3. The largest absolute Gasteiger partial charge is 0.241 e. The smallest absolute Gasteiger partial charge is 0.0648 e. The lowest BCUT2D eigenvalue weighted by molar-refractivity contribution is 0.747. The summed E-state index contributed by atoms with van der Waals surface area (Å²) in [7, 11) is 0. The summed E-state index contributed by atoms with van der Waals surface area (Å²) in [5.74, 6) is 0.728. The van der Waals surface area contributed by atoms with E-state index in [-0.39, 0.29) is 0 Å². The van der Waals surface area contributed by atoms with Crippen LogP contribution in [-0.4, -0.2) is 9.78 Å². The number of fused-ring (bicyclic) bond motifs is 1. The molecule has 0 N–H and O–H groups in total. The van der Waals surface area contributed by atoms with Crippen LogP contribution >= 0.6 is 0 Å². The Labute approximate surface area is 89.5 Å². The fraction of sp³-hybridized carbons (Fsp3) is 0.308. The van der Waals surface area contributed by atoms with Gasteiger partial charge in [-0.05, 0) is 48.1 Å². The average Bonchev–Trinajstić information content (AvgIpc) is 2.88. The van der Waals surface area contributed by atoms with Crippen molar-refractivity contribution in [2.45, 2.75) is 25.7 Å².